The SMILES string of the molecule is O=C(NCCc1ccc(F)cc1)c1ccc(CSc2ncn[nH]2)cc1. The second-order valence-corrected chi connectivity index (χ2v) is 6.37. The first kappa shape index (κ1) is 17.2. The van der Waals surface area contributed by atoms with Crippen LogP contribution in [0.25, 0.3) is 0 Å². The van der Waals surface area contributed by atoms with Crippen molar-refractivity contribution in [2.75, 3.05) is 6.54 Å². The zero-order valence-corrected chi connectivity index (χ0v) is 14.2. The van der Waals surface area contributed by atoms with Crippen LogP contribution >= 0.6 is 11.8 Å². The minimum absolute atomic E-state index is 0.114. The number of halogens is 1. The number of aromatic amines is 1. The number of thioether (sulfide) groups is 1. The average molecular weight is 356 g/mol. The number of carbonyl (C=O) groups excluding carboxylic acids is 1. The molecule has 0 spiro atoms. The third kappa shape index (κ3) is 5.15. The molecule has 0 radical (unpaired) electrons. The number of rotatable bonds is 7. The van der Waals surface area contributed by atoms with E-state index in [1.807, 2.05) is 24.3 Å². The molecule has 0 atom stereocenters. The van der Waals surface area contributed by atoms with Gasteiger partial charge in [-0.2, -0.15) is 5.10 Å². The fourth-order valence-electron chi connectivity index (χ4n) is 2.24. The van der Waals surface area contributed by atoms with Gasteiger partial charge in [-0.25, -0.2) is 9.37 Å². The molecule has 3 aromatic rings. The molecule has 0 aliphatic carbocycles. The lowest BCUT2D eigenvalue weighted by atomic mass is 10.1. The summed E-state index contributed by atoms with van der Waals surface area (Å²) in [4.78, 5) is 16.2. The van der Waals surface area contributed by atoms with Crippen LogP contribution in [0, 0.1) is 5.82 Å². The molecule has 0 unspecified atom stereocenters. The third-order valence-corrected chi connectivity index (χ3v) is 4.54. The van der Waals surface area contributed by atoms with Gasteiger partial charge in [-0.3, -0.25) is 9.89 Å². The highest BCUT2D eigenvalue weighted by Gasteiger charge is 2.06. The summed E-state index contributed by atoms with van der Waals surface area (Å²) in [5.74, 6) is 0.382. The van der Waals surface area contributed by atoms with Crippen molar-refractivity contribution >= 4 is 17.7 Å². The van der Waals surface area contributed by atoms with Gasteiger partial charge in [-0.05, 0) is 41.8 Å². The molecule has 0 saturated carbocycles. The Hall–Kier alpha value is -2.67. The van der Waals surface area contributed by atoms with Gasteiger partial charge in [0.15, 0.2) is 5.16 Å². The van der Waals surface area contributed by atoms with E-state index in [9.17, 15) is 9.18 Å². The van der Waals surface area contributed by atoms with E-state index in [-0.39, 0.29) is 11.7 Å². The summed E-state index contributed by atoms with van der Waals surface area (Å²) in [5.41, 5.74) is 2.71. The van der Waals surface area contributed by atoms with Gasteiger partial charge in [0.2, 0.25) is 0 Å². The van der Waals surface area contributed by atoms with Crippen LogP contribution in [-0.4, -0.2) is 27.6 Å². The first-order valence-corrected chi connectivity index (χ1v) is 8.79. The van der Waals surface area contributed by atoms with E-state index < -0.39 is 0 Å². The standard InChI is InChI=1S/C18H17FN4OS/c19-16-7-3-13(4-8-16)9-10-20-17(24)15-5-1-14(2-6-15)11-25-18-21-12-22-23-18/h1-8,12H,9-11H2,(H,20,24)(H,21,22,23). The maximum Gasteiger partial charge on any atom is 0.251 e. The normalized spacial score (nSPS) is 10.6. The van der Waals surface area contributed by atoms with Crippen LogP contribution in [0.4, 0.5) is 4.39 Å². The van der Waals surface area contributed by atoms with E-state index in [1.54, 1.807) is 23.9 Å². The Morgan fingerprint density at radius 2 is 1.80 bits per heavy atom. The topological polar surface area (TPSA) is 70.7 Å². The van der Waals surface area contributed by atoms with Crippen LogP contribution in [0.5, 0.6) is 0 Å². The van der Waals surface area contributed by atoms with Gasteiger partial charge in [-0.1, -0.05) is 36.0 Å². The number of nitrogens with zero attached hydrogens (tertiary/aromatic N) is 2. The molecule has 128 valence electrons. The minimum Gasteiger partial charge on any atom is -0.352 e. The van der Waals surface area contributed by atoms with Crippen molar-refractivity contribution in [1.82, 2.24) is 20.5 Å². The Bertz CT molecular complexity index is 804. The van der Waals surface area contributed by atoms with Crippen molar-refractivity contribution < 1.29 is 9.18 Å². The van der Waals surface area contributed by atoms with Crippen LogP contribution in [0.15, 0.2) is 60.0 Å². The lowest BCUT2D eigenvalue weighted by Gasteiger charge is -2.06. The Morgan fingerprint density at radius 1 is 1.08 bits per heavy atom. The molecule has 5 nitrogen and oxygen atoms in total. The zero-order chi connectivity index (χ0) is 17.5. The minimum atomic E-state index is -0.255. The molecule has 0 aliphatic rings. The predicted octanol–water partition coefficient (Wildman–Crippen LogP) is 3.21. The second kappa shape index (κ2) is 8.43. The second-order valence-electron chi connectivity index (χ2n) is 5.41. The fraction of sp³-hybridized carbons (Fsp3) is 0.167. The largest absolute Gasteiger partial charge is 0.352 e. The molecule has 3 rings (SSSR count). The van der Waals surface area contributed by atoms with Gasteiger partial charge in [0.25, 0.3) is 5.91 Å². The maximum atomic E-state index is 12.8. The van der Waals surface area contributed by atoms with E-state index in [4.69, 9.17) is 0 Å². The van der Waals surface area contributed by atoms with Gasteiger partial charge in [0, 0.05) is 17.9 Å². The summed E-state index contributed by atoms with van der Waals surface area (Å²) in [6.07, 6.45) is 2.14. The molecule has 0 saturated heterocycles. The molecule has 0 fully saturated rings. The van der Waals surface area contributed by atoms with Crippen LogP contribution in [0.3, 0.4) is 0 Å². The molecule has 1 amide bonds. The Balaban J connectivity index is 1.46. The van der Waals surface area contributed by atoms with Crippen molar-refractivity contribution in [2.45, 2.75) is 17.3 Å². The molecule has 1 aromatic heterocycles. The zero-order valence-electron chi connectivity index (χ0n) is 13.4. The predicted molar refractivity (Wildman–Crippen MR) is 94.8 cm³/mol. The van der Waals surface area contributed by atoms with E-state index in [1.165, 1.54) is 18.5 Å². The third-order valence-electron chi connectivity index (χ3n) is 3.60. The molecule has 2 N–H and O–H groups in total. The number of benzene rings is 2. The van der Waals surface area contributed by atoms with Crippen LogP contribution in [-0.2, 0) is 12.2 Å². The number of hydrogen-bond acceptors (Lipinski definition) is 4. The molecule has 0 bridgehead atoms. The van der Waals surface area contributed by atoms with E-state index in [2.05, 4.69) is 20.5 Å². The first-order valence-electron chi connectivity index (χ1n) is 7.80. The fourth-order valence-corrected chi connectivity index (χ4v) is 2.98. The van der Waals surface area contributed by atoms with E-state index in [0.717, 1.165) is 22.0 Å². The number of H-pyrrole nitrogens is 1. The van der Waals surface area contributed by atoms with Crippen molar-refractivity contribution in [2.24, 2.45) is 0 Å². The average Bonchev–Trinajstić information content (AvgIpc) is 3.15. The summed E-state index contributed by atoms with van der Waals surface area (Å²) in [6, 6.07) is 13.8. The first-order chi connectivity index (χ1) is 12.2. The number of amides is 1. The molecule has 7 heteroatoms. The Labute approximate surface area is 149 Å². The van der Waals surface area contributed by atoms with Gasteiger partial charge < -0.3 is 5.32 Å². The summed E-state index contributed by atoms with van der Waals surface area (Å²) in [6.45, 7) is 0.508. The number of aromatic nitrogens is 3. The molecular formula is C18H17FN4OS. The summed E-state index contributed by atoms with van der Waals surface area (Å²) < 4.78 is 12.8. The van der Waals surface area contributed by atoms with Gasteiger partial charge >= 0.3 is 0 Å². The quantitative estimate of drug-likeness (QED) is 0.638. The number of carbonyl (C=O) groups is 1. The van der Waals surface area contributed by atoms with Crippen molar-refractivity contribution in [1.29, 1.82) is 0 Å². The van der Waals surface area contributed by atoms with Crippen LogP contribution in [0.1, 0.15) is 21.5 Å². The van der Waals surface area contributed by atoms with Crippen molar-refractivity contribution in [3.63, 3.8) is 0 Å². The lowest BCUT2D eigenvalue weighted by molar-refractivity contribution is 0.0954. The summed E-state index contributed by atoms with van der Waals surface area (Å²) >= 11 is 1.55. The molecule has 25 heavy (non-hydrogen) atoms. The highest BCUT2D eigenvalue weighted by Crippen LogP contribution is 2.18. The highest BCUT2D eigenvalue weighted by molar-refractivity contribution is 7.98. The maximum absolute atomic E-state index is 12.8. The van der Waals surface area contributed by atoms with Crippen LogP contribution in [0.2, 0.25) is 0 Å². The Morgan fingerprint density at radius 3 is 2.48 bits per heavy atom. The van der Waals surface area contributed by atoms with Gasteiger partial charge in [-0.15, -0.1) is 0 Å². The number of hydrogen-bond donors (Lipinski definition) is 2. The lowest BCUT2D eigenvalue weighted by Crippen LogP contribution is -2.25. The van der Waals surface area contributed by atoms with Gasteiger partial charge in [0.05, 0.1) is 0 Å². The smallest absolute Gasteiger partial charge is 0.251 e. The monoisotopic (exact) mass is 356 g/mol. The van der Waals surface area contributed by atoms with Crippen LogP contribution < -0.4 is 5.32 Å². The Kier molecular flexibility index (Phi) is 5.79. The molecule has 2 aromatic carbocycles. The molecular weight excluding hydrogens is 339 g/mol. The summed E-state index contributed by atoms with van der Waals surface area (Å²) in [5, 5.41) is 10.2. The number of nitrogens with one attached hydrogen (secondary N) is 2. The molecule has 1 heterocycles. The highest BCUT2D eigenvalue weighted by atomic mass is 32.2. The van der Waals surface area contributed by atoms with E-state index in [0.29, 0.717) is 18.5 Å². The summed E-state index contributed by atoms with van der Waals surface area (Å²) in [7, 11) is 0. The molecule has 0 aliphatic heterocycles. The van der Waals surface area contributed by atoms with Crippen molar-refractivity contribution in [3.8, 4) is 0 Å². The van der Waals surface area contributed by atoms with Gasteiger partial charge in [0.1, 0.15) is 12.1 Å². The van der Waals surface area contributed by atoms with E-state index >= 15 is 0 Å². The van der Waals surface area contributed by atoms with Crippen molar-refractivity contribution in [3.05, 3.63) is 77.4 Å².